The van der Waals surface area contributed by atoms with Crippen molar-refractivity contribution < 1.29 is 9.59 Å². The number of aryl methyl sites for hydroxylation is 4. The smallest absolute Gasteiger partial charge is 0.244 e. The Bertz CT molecular complexity index is 1040. The molecular formula is C24H27N3O2. The molecule has 4 rings (SSSR count). The Morgan fingerprint density at radius 3 is 2.62 bits per heavy atom. The van der Waals surface area contributed by atoms with Gasteiger partial charge in [0.1, 0.15) is 6.54 Å². The fraction of sp³-hybridized carbons (Fsp3) is 0.375. The zero-order valence-electron chi connectivity index (χ0n) is 17.5. The first kappa shape index (κ1) is 19.4. The van der Waals surface area contributed by atoms with Crippen molar-refractivity contribution in [2.24, 2.45) is 10.9 Å². The summed E-state index contributed by atoms with van der Waals surface area (Å²) in [5.41, 5.74) is 7.64. The van der Waals surface area contributed by atoms with Crippen molar-refractivity contribution in [2.75, 3.05) is 16.8 Å². The van der Waals surface area contributed by atoms with E-state index in [1.165, 1.54) is 0 Å². The van der Waals surface area contributed by atoms with Gasteiger partial charge in [0.05, 0.1) is 17.3 Å². The Hall–Kier alpha value is -2.95. The summed E-state index contributed by atoms with van der Waals surface area (Å²) in [5, 5.41) is 2.97. The predicted molar refractivity (Wildman–Crippen MR) is 117 cm³/mol. The van der Waals surface area contributed by atoms with Gasteiger partial charge in [-0.3, -0.25) is 14.6 Å². The number of hydrogen-bond acceptors (Lipinski definition) is 3. The van der Waals surface area contributed by atoms with Gasteiger partial charge >= 0.3 is 0 Å². The third-order valence-electron chi connectivity index (χ3n) is 6.00. The number of amides is 2. The molecule has 2 aromatic rings. The van der Waals surface area contributed by atoms with Crippen LogP contribution in [-0.2, 0) is 9.59 Å². The second-order valence-electron chi connectivity index (χ2n) is 8.26. The van der Waals surface area contributed by atoms with Crippen LogP contribution in [0, 0.1) is 33.6 Å². The average molecular weight is 389 g/mol. The zero-order valence-corrected chi connectivity index (χ0v) is 17.5. The molecule has 1 N–H and O–H groups in total. The van der Waals surface area contributed by atoms with E-state index in [4.69, 9.17) is 4.99 Å². The highest BCUT2D eigenvalue weighted by molar-refractivity contribution is 6.17. The SMILES string of the molecule is Cc1ccc(NC(=O)CN2C(=O)C3CCCC3=Nc3cc(C)c(C)cc32)c(C)c1. The van der Waals surface area contributed by atoms with E-state index in [2.05, 4.69) is 5.32 Å². The largest absolute Gasteiger partial charge is 0.324 e. The van der Waals surface area contributed by atoms with E-state index in [0.717, 1.165) is 64.3 Å². The summed E-state index contributed by atoms with van der Waals surface area (Å²) in [6.07, 6.45) is 2.63. The van der Waals surface area contributed by atoms with E-state index >= 15 is 0 Å². The molecule has 0 spiro atoms. The van der Waals surface area contributed by atoms with Crippen LogP contribution in [0.4, 0.5) is 17.1 Å². The lowest BCUT2D eigenvalue weighted by atomic mass is 10.0. The fourth-order valence-corrected chi connectivity index (χ4v) is 4.23. The van der Waals surface area contributed by atoms with Crippen LogP contribution in [0.25, 0.3) is 0 Å². The molecule has 1 fully saturated rings. The number of nitrogens with zero attached hydrogens (tertiary/aromatic N) is 2. The molecule has 1 unspecified atom stereocenters. The molecule has 1 aliphatic heterocycles. The summed E-state index contributed by atoms with van der Waals surface area (Å²) in [7, 11) is 0. The third kappa shape index (κ3) is 3.69. The second kappa shape index (κ2) is 7.47. The quantitative estimate of drug-likeness (QED) is 0.821. The van der Waals surface area contributed by atoms with Gasteiger partial charge in [-0.25, -0.2) is 0 Å². The maximum atomic E-state index is 13.4. The van der Waals surface area contributed by atoms with Crippen LogP contribution in [-0.4, -0.2) is 24.1 Å². The lowest BCUT2D eigenvalue weighted by molar-refractivity contribution is -0.122. The van der Waals surface area contributed by atoms with E-state index in [1.807, 2.05) is 58.0 Å². The average Bonchev–Trinajstić information content (AvgIpc) is 3.09. The summed E-state index contributed by atoms with van der Waals surface area (Å²) in [5.74, 6) is -0.424. The zero-order chi connectivity index (χ0) is 20.7. The van der Waals surface area contributed by atoms with Crippen LogP contribution in [0.3, 0.4) is 0 Å². The minimum Gasteiger partial charge on any atom is -0.324 e. The highest BCUT2D eigenvalue weighted by atomic mass is 16.2. The second-order valence-corrected chi connectivity index (χ2v) is 8.26. The highest BCUT2D eigenvalue weighted by Gasteiger charge is 2.37. The predicted octanol–water partition coefficient (Wildman–Crippen LogP) is 4.78. The Labute approximate surface area is 171 Å². The normalized spacial score (nSPS) is 18.1. The van der Waals surface area contributed by atoms with Crippen LogP contribution in [0.1, 0.15) is 41.5 Å². The van der Waals surface area contributed by atoms with E-state index < -0.39 is 0 Å². The maximum Gasteiger partial charge on any atom is 0.244 e. The summed E-state index contributed by atoms with van der Waals surface area (Å²) < 4.78 is 0. The topological polar surface area (TPSA) is 61.8 Å². The van der Waals surface area contributed by atoms with Gasteiger partial charge < -0.3 is 10.2 Å². The van der Waals surface area contributed by atoms with Crippen molar-refractivity contribution in [1.29, 1.82) is 0 Å². The first-order chi connectivity index (χ1) is 13.8. The molecule has 2 amide bonds. The molecule has 0 bridgehead atoms. The van der Waals surface area contributed by atoms with Gasteiger partial charge in [-0.15, -0.1) is 0 Å². The number of carbonyl (C=O) groups excluding carboxylic acids is 2. The number of rotatable bonds is 3. The first-order valence-electron chi connectivity index (χ1n) is 10.2. The Balaban J connectivity index is 1.66. The molecule has 0 saturated heterocycles. The van der Waals surface area contributed by atoms with Gasteiger partial charge in [0.2, 0.25) is 11.8 Å². The van der Waals surface area contributed by atoms with Crippen LogP contribution in [0.15, 0.2) is 35.3 Å². The van der Waals surface area contributed by atoms with Gasteiger partial charge in [-0.05, 0) is 81.8 Å². The minimum atomic E-state index is -0.211. The van der Waals surface area contributed by atoms with Crippen molar-refractivity contribution in [3.63, 3.8) is 0 Å². The van der Waals surface area contributed by atoms with Crippen molar-refractivity contribution in [3.05, 3.63) is 52.6 Å². The third-order valence-corrected chi connectivity index (χ3v) is 6.00. The van der Waals surface area contributed by atoms with Crippen LogP contribution >= 0.6 is 0 Å². The van der Waals surface area contributed by atoms with E-state index in [9.17, 15) is 9.59 Å². The van der Waals surface area contributed by atoms with E-state index in [1.54, 1.807) is 4.90 Å². The van der Waals surface area contributed by atoms with E-state index in [0.29, 0.717) is 0 Å². The van der Waals surface area contributed by atoms with Crippen molar-refractivity contribution in [3.8, 4) is 0 Å². The number of benzene rings is 2. The number of carbonyl (C=O) groups is 2. The Morgan fingerprint density at radius 2 is 1.86 bits per heavy atom. The lowest BCUT2D eigenvalue weighted by Crippen LogP contribution is -2.42. The summed E-state index contributed by atoms with van der Waals surface area (Å²) >= 11 is 0. The minimum absolute atomic E-state index is 0.0129. The maximum absolute atomic E-state index is 13.4. The van der Waals surface area contributed by atoms with Crippen molar-refractivity contribution in [2.45, 2.75) is 47.0 Å². The molecule has 0 aromatic heterocycles. The molecule has 1 aliphatic carbocycles. The fourth-order valence-electron chi connectivity index (χ4n) is 4.23. The molecule has 2 aliphatic rings. The van der Waals surface area contributed by atoms with E-state index in [-0.39, 0.29) is 24.3 Å². The molecule has 29 heavy (non-hydrogen) atoms. The molecular weight excluding hydrogens is 362 g/mol. The molecule has 5 nitrogen and oxygen atoms in total. The Morgan fingerprint density at radius 1 is 1.10 bits per heavy atom. The summed E-state index contributed by atoms with van der Waals surface area (Å²) in [4.78, 5) is 32.7. The monoisotopic (exact) mass is 389 g/mol. The van der Waals surface area contributed by atoms with Crippen molar-refractivity contribution >= 4 is 34.6 Å². The molecule has 1 atom stereocenters. The molecule has 5 heteroatoms. The number of nitrogens with one attached hydrogen (secondary N) is 1. The van der Waals surface area contributed by atoms with Gasteiger partial charge in [0.25, 0.3) is 0 Å². The summed E-state index contributed by atoms with van der Waals surface area (Å²) in [6.45, 7) is 8.05. The number of fused-ring (bicyclic) bond motifs is 2. The van der Waals surface area contributed by atoms with Gasteiger partial charge in [-0.1, -0.05) is 17.7 Å². The molecule has 1 heterocycles. The van der Waals surface area contributed by atoms with Crippen molar-refractivity contribution in [1.82, 2.24) is 0 Å². The van der Waals surface area contributed by atoms with Crippen LogP contribution < -0.4 is 10.2 Å². The van der Waals surface area contributed by atoms with Gasteiger partial charge in [-0.2, -0.15) is 0 Å². The lowest BCUT2D eigenvalue weighted by Gasteiger charge is -2.25. The molecule has 150 valence electrons. The van der Waals surface area contributed by atoms with Crippen LogP contribution in [0.2, 0.25) is 0 Å². The highest BCUT2D eigenvalue weighted by Crippen LogP contribution is 2.39. The first-order valence-corrected chi connectivity index (χ1v) is 10.2. The number of aliphatic imine (C=N–C) groups is 1. The molecule has 0 radical (unpaired) electrons. The number of anilines is 2. The van der Waals surface area contributed by atoms with Crippen LogP contribution in [0.5, 0.6) is 0 Å². The van der Waals surface area contributed by atoms with Gasteiger partial charge in [0.15, 0.2) is 0 Å². The standard InChI is InChI=1S/C24H27N3O2/c1-14-8-9-19(17(4)10-14)26-23(28)13-27-22-12-16(3)15(2)11-21(22)25-20-7-5-6-18(20)24(27)29/h8-12,18H,5-7,13H2,1-4H3,(H,26,28). The Kier molecular flexibility index (Phi) is 4.99. The van der Waals surface area contributed by atoms with Gasteiger partial charge in [0, 0.05) is 11.4 Å². The molecule has 1 saturated carbocycles. The molecule has 2 aromatic carbocycles. The number of hydrogen-bond donors (Lipinski definition) is 1. The summed E-state index contributed by atoms with van der Waals surface area (Å²) in [6, 6.07) is 9.93.